The molecule has 0 saturated heterocycles. The van der Waals surface area contributed by atoms with Crippen LogP contribution in [0.5, 0.6) is 0 Å². The smallest absolute Gasteiger partial charge is 0.164 e. The molecule has 75 heavy (non-hydrogen) atoms. The van der Waals surface area contributed by atoms with E-state index in [1.54, 1.807) is 11.1 Å². The van der Waals surface area contributed by atoms with Crippen molar-refractivity contribution in [1.82, 2.24) is 15.0 Å². The number of nitrogens with zero attached hydrogens (tertiary/aromatic N) is 3. The highest BCUT2D eigenvalue weighted by atomic mass is 15.0. The second kappa shape index (κ2) is 16.5. The van der Waals surface area contributed by atoms with E-state index in [1.807, 2.05) is 6.07 Å². The molecule has 0 amide bonds. The first-order valence-electron chi connectivity index (χ1n) is 27.2. The third kappa shape index (κ3) is 6.19. The van der Waals surface area contributed by atoms with Crippen molar-refractivity contribution in [2.24, 2.45) is 23.7 Å². The number of hydrogen-bond donors (Lipinski definition) is 0. The monoisotopic (exact) mass is 959 g/mol. The predicted molar refractivity (Wildman–Crippen MR) is 308 cm³/mol. The van der Waals surface area contributed by atoms with Gasteiger partial charge in [-0.3, -0.25) is 0 Å². The van der Waals surface area contributed by atoms with Crippen LogP contribution in [0.15, 0.2) is 237 Å². The fourth-order valence-electron chi connectivity index (χ4n) is 16.0. The van der Waals surface area contributed by atoms with Crippen molar-refractivity contribution < 1.29 is 0 Å². The third-order valence-corrected chi connectivity index (χ3v) is 18.6. The van der Waals surface area contributed by atoms with Crippen LogP contribution in [-0.2, 0) is 10.8 Å². The first-order valence-corrected chi connectivity index (χ1v) is 27.2. The maximum atomic E-state index is 5.43. The molecule has 0 unspecified atom stereocenters. The molecule has 5 aliphatic rings. The molecule has 0 radical (unpaired) electrons. The lowest BCUT2D eigenvalue weighted by Crippen LogP contribution is -2.59. The molecule has 4 fully saturated rings. The number of aromatic nitrogens is 3. The molecule has 356 valence electrons. The highest BCUT2D eigenvalue weighted by molar-refractivity contribution is 6.25. The van der Waals surface area contributed by atoms with Gasteiger partial charge in [-0.2, -0.15) is 0 Å². The van der Waals surface area contributed by atoms with Crippen LogP contribution in [0.25, 0.3) is 88.4 Å². The molecule has 1 aromatic heterocycles. The Balaban J connectivity index is 0.912. The molecule has 5 aliphatic carbocycles. The molecule has 0 aliphatic heterocycles. The molecule has 3 heteroatoms. The average Bonchev–Trinajstić information content (AvgIpc) is 3.63. The normalized spacial score (nSPS) is 21.0. The van der Waals surface area contributed by atoms with E-state index in [4.69, 9.17) is 15.0 Å². The number of benzene rings is 11. The highest BCUT2D eigenvalue weighted by Crippen LogP contribution is 2.70. The van der Waals surface area contributed by atoms with Gasteiger partial charge in [-0.1, -0.05) is 218 Å². The zero-order valence-corrected chi connectivity index (χ0v) is 41.7. The topological polar surface area (TPSA) is 38.7 Å². The second-order valence-electron chi connectivity index (χ2n) is 22.2. The third-order valence-electron chi connectivity index (χ3n) is 18.6. The predicted octanol–water partition coefficient (Wildman–Crippen LogP) is 17.6. The molecule has 3 nitrogen and oxygen atoms in total. The summed E-state index contributed by atoms with van der Waals surface area (Å²) in [4.78, 5) is 16.0. The molecule has 17 rings (SSSR count). The van der Waals surface area contributed by atoms with Gasteiger partial charge in [0.1, 0.15) is 0 Å². The largest absolute Gasteiger partial charge is 0.208 e. The summed E-state index contributed by atoms with van der Waals surface area (Å²) in [5, 5.41) is 9.66. The van der Waals surface area contributed by atoms with Gasteiger partial charge in [-0.25, -0.2) is 15.0 Å². The standard InChI is InChI=1S/C72H53N3/c1-4-18-47(19-5-1)68-73-69(49-32-34-61-58-27-12-11-25-56(58)57-26-13-15-29-60(57)63(61)43-49)75-70(74-68)62-36-35-54(55-24-10-14-28-59(55)62)48-33-37-66-67(44-48)71(50-20-6-2-7-21-50,51-22-8-3-9-23-51)64-30-16-17-31-65(64)72(66)52-39-45-38-46(41-52)42-53(72)40-45/h1-37,43-46,52-53H,38-42H2. The minimum absolute atomic E-state index is 0.0321. The Morgan fingerprint density at radius 1 is 0.280 bits per heavy atom. The molecule has 12 aromatic rings. The Bertz CT molecular complexity index is 4150. The van der Waals surface area contributed by atoms with Gasteiger partial charge in [0.25, 0.3) is 0 Å². The molecule has 0 atom stereocenters. The summed E-state index contributed by atoms with van der Waals surface area (Å²) in [6, 6.07) is 88.3. The molecule has 4 saturated carbocycles. The summed E-state index contributed by atoms with van der Waals surface area (Å²) < 4.78 is 0. The van der Waals surface area contributed by atoms with E-state index in [9.17, 15) is 0 Å². The number of hydrogen-bond acceptors (Lipinski definition) is 3. The second-order valence-corrected chi connectivity index (χ2v) is 22.2. The zero-order valence-electron chi connectivity index (χ0n) is 41.7. The van der Waals surface area contributed by atoms with Gasteiger partial charge in [-0.05, 0) is 162 Å². The van der Waals surface area contributed by atoms with Gasteiger partial charge < -0.3 is 0 Å². The lowest BCUT2D eigenvalue weighted by Gasteiger charge is -2.65. The summed E-state index contributed by atoms with van der Waals surface area (Å²) in [5.74, 6) is 4.92. The first kappa shape index (κ1) is 42.9. The van der Waals surface area contributed by atoms with Crippen molar-refractivity contribution in [3.8, 4) is 45.3 Å². The van der Waals surface area contributed by atoms with E-state index >= 15 is 0 Å². The molecule has 0 N–H and O–H groups in total. The number of rotatable bonds is 6. The summed E-state index contributed by atoms with van der Waals surface area (Å²) in [7, 11) is 0. The minimum Gasteiger partial charge on any atom is -0.208 e. The Labute approximate surface area is 437 Å². The van der Waals surface area contributed by atoms with E-state index in [0.29, 0.717) is 29.3 Å². The van der Waals surface area contributed by atoms with Crippen LogP contribution in [-0.4, -0.2) is 15.0 Å². The Kier molecular flexibility index (Phi) is 9.44. The Morgan fingerprint density at radius 2 is 0.720 bits per heavy atom. The van der Waals surface area contributed by atoms with Gasteiger partial charge in [0.2, 0.25) is 0 Å². The Hall–Kier alpha value is -8.53. The van der Waals surface area contributed by atoms with Gasteiger partial charge >= 0.3 is 0 Å². The molecule has 11 aromatic carbocycles. The molecular weight excluding hydrogens is 907 g/mol. The van der Waals surface area contributed by atoms with Crippen molar-refractivity contribution in [3.63, 3.8) is 0 Å². The van der Waals surface area contributed by atoms with Crippen LogP contribution in [0.3, 0.4) is 0 Å². The van der Waals surface area contributed by atoms with Gasteiger partial charge in [0.15, 0.2) is 17.5 Å². The first-order chi connectivity index (χ1) is 37.1. The van der Waals surface area contributed by atoms with E-state index < -0.39 is 5.41 Å². The fourth-order valence-corrected chi connectivity index (χ4v) is 16.0. The van der Waals surface area contributed by atoms with E-state index in [0.717, 1.165) is 33.9 Å². The highest BCUT2D eigenvalue weighted by Gasteiger charge is 2.63. The summed E-state index contributed by atoms with van der Waals surface area (Å²) in [6.07, 6.45) is 6.75. The molecule has 1 spiro atoms. The fraction of sp³-hybridized carbons (Fsp3) is 0.153. The molecular formula is C72H53N3. The van der Waals surface area contributed by atoms with Crippen molar-refractivity contribution in [1.29, 1.82) is 0 Å². The van der Waals surface area contributed by atoms with E-state index in [2.05, 4.69) is 231 Å². The van der Waals surface area contributed by atoms with Crippen molar-refractivity contribution in [2.45, 2.75) is 42.9 Å². The average molecular weight is 960 g/mol. The van der Waals surface area contributed by atoms with Gasteiger partial charge in [-0.15, -0.1) is 0 Å². The lowest BCUT2D eigenvalue weighted by molar-refractivity contribution is -0.0440. The zero-order chi connectivity index (χ0) is 49.2. The van der Waals surface area contributed by atoms with Crippen LogP contribution in [0.1, 0.15) is 65.5 Å². The maximum Gasteiger partial charge on any atom is 0.164 e. The number of fused-ring (bicyclic) bond motifs is 9. The van der Waals surface area contributed by atoms with Crippen LogP contribution in [0.4, 0.5) is 0 Å². The lowest BCUT2D eigenvalue weighted by atomic mass is 9.38. The summed E-state index contributed by atoms with van der Waals surface area (Å²) in [6.45, 7) is 0. The van der Waals surface area contributed by atoms with Crippen molar-refractivity contribution in [2.75, 3.05) is 0 Å². The molecule has 1 heterocycles. The van der Waals surface area contributed by atoms with Crippen LogP contribution >= 0.6 is 0 Å². The van der Waals surface area contributed by atoms with E-state index in [-0.39, 0.29) is 5.41 Å². The van der Waals surface area contributed by atoms with Crippen molar-refractivity contribution in [3.05, 3.63) is 270 Å². The van der Waals surface area contributed by atoms with Crippen LogP contribution < -0.4 is 0 Å². The van der Waals surface area contributed by atoms with Gasteiger partial charge in [0.05, 0.1) is 5.41 Å². The minimum atomic E-state index is -0.530. The quantitative estimate of drug-likeness (QED) is 0.156. The summed E-state index contributed by atoms with van der Waals surface area (Å²) >= 11 is 0. The van der Waals surface area contributed by atoms with Gasteiger partial charge in [0, 0.05) is 22.1 Å². The van der Waals surface area contributed by atoms with E-state index in [1.165, 1.54) is 103 Å². The Morgan fingerprint density at radius 3 is 1.33 bits per heavy atom. The van der Waals surface area contributed by atoms with Crippen LogP contribution in [0.2, 0.25) is 0 Å². The summed E-state index contributed by atoms with van der Waals surface area (Å²) in [5.41, 5.74) is 13.4. The van der Waals surface area contributed by atoms with Crippen molar-refractivity contribution >= 4 is 43.1 Å². The molecule has 4 bridgehead atoms. The SMILES string of the molecule is c1ccc(-c2nc(-c3ccc4c5ccccc5c5ccccc5c4c3)nc(-c3ccc(-c4ccc5c(c4)C(c4ccccc4)(c4ccccc4)c4ccccc4C54C5CC6CC(C5)CC4C6)c4ccccc34)n2)cc1. The maximum absolute atomic E-state index is 5.43. The van der Waals surface area contributed by atoms with Crippen LogP contribution in [0, 0.1) is 23.7 Å².